The molecule has 36 heavy (non-hydrogen) atoms. The van der Waals surface area contributed by atoms with Crippen LogP contribution in [0.25, 0.3) is 0 Å². The first-order valence-electron chi connectivity index (χ1n) is 13.3. The van der Waals surface area contributed by atoms with Gasteiger partial charge < -0.3 is 0 Å². The van der Waals surface area contributed by atoms with Gasteiger partial charge in [0, 0.05) is 0 Å². The summed E-state index contributed by atoms with van der Waals surface area (Å²) in [4.78, 5) is 11.4. The van der Waals surface area contributed by atoms with Gasteiger partial charge in [-0.15, -0.1) is 0 Å². The van der Waals surface area contributed by atoms with Crippen LogP contribution in [0.3, 0.4) is 0 Å². The van der Waals surface area contributed by atoms with E-state index >= 15 is 0 Å². The summed E-state index contributed by atoms with van der Waals surface area (Å²) in [5.41, 5.74) is 7.44. The van der Waals surface area contributed by atoms with Gasteiger partial charge in [-0.2, -0.15) is 13.9 Å². The predicted octanol–water partition coefficient (Wildman–Crippen LogP) is 9.38. The maximum atomic E-state index is 11.4. The van der Waals surface area contributed by atoms with Crippen molar-refractivity contribution < 1.29 is 13.9 Å². The molecule has 0 fully saturated rings. The van der Waals surface area contributed by atoms with E-state index in [0.29, 0.717) is 19.4 Å². The molecule has 0 unspecified atom stereocenters. The van der Waals surface area contributed by atoms with E-state index in [2.05, 4.69) is 119 Å². The predicted molar refractivity (Wildman–Crippen MR) is 157 cm³/mol. The van der Waals surface area contributed by atoms with Gasteiger partial charge >= 0.3 is 7.94 Å². The SMILES string of the molecule is CC[P+](O)(OCc1ccc(C(C)(C)C)cc1C(C)(C)C)OCc1ccc(C(C)(C)C)cc1C(C)(C)C. The Kier molecular flexibility index (Phi) is 9.34. The molecular weight excluding hydrogens is 463 g/mol. The minimum absolute atomic E-state index is 0.0278. The molecule has 3 nitrogen and oxygen atoms in total. The highest BCUT2D eigenvalue weighted by Gasteiger charge is 2.39. The van der Waals surface area contributed by atoms with Crippen LogP contribution in [-0.2, 0) is 43.9 Å². The fourth-order valence-electron chi connectivity index (χ4n) is 4.29. The topological polar surface area (TPSA) is 38.7 Å². The standard InChI is InChI=1S/C32H52O3P/c1-14-36(33,34-21-23-15-17-25(29(2,3)4)19-27(23)31(8,9)10)35-22-24-16-18-26(30(5,6)7)20-28(24)32(11,12)13/h15-20,33H,14,21-22H2,1-13H3/q+1. The molecular formula is C32H52O3P+. The molecule has 0 saturated carbocycles. The van der Waals surface area contributed by atoms with Gasteiger partial charge in [0.05, 0.1) is 0 Å². The van der Waals surface area contributed by atoms with Crippen molar-refractivity contribution in [1.82, 2.24) is 0 Å². The molecule has 1 N–H and O–H groups in total. The maximum absolute atomic E-state index is 11.4. The van der Waals surface area contributed by atoms with Gasteiger partial charge in [0.2, 0.25) is 0 Å². The second-order valence-electron chi connectivity index (χ2n) is 14.2. The van der Waals surface area contributed by atoms with Crippen molar-refractivity contribution in [2.75, 3.05) is 6.16 Å². The van der Waals surface area contributed by atoms with Crippen molar-refractivity contribution in [2.24, 2.45) is 0 Å². The smallest absolute Gasteiger partial charge is 0.193 e. The summed E-state index contributed by atoms with van der Waals surface area (Å²) in [5.74, 6) is 0. The van der Waals surface area contributed by atoms with E-state index < -0.39 is 7.94 Å². The summed E-state index contributed by atoms with van der Waals surface area (Å²) in [5, 5.41) is 0. The average molecular weight is 516 g/mol. The first-order chi connectivity index (χ1) is 16.2. The fourth-order valence-corrected chi connectivity index (χ4v) is 5.42. The normalized spacial score (nSPS) is 13.8. The van der Waals surface area contributed by atoms with E-state index in [-0.39, 0.29) is 21.7 Å². The Labute approximate surface area is 222 Å². The lowest BCUT2D eigenvalue weighted by Crippen LogP contribution is -2.19. The molecule has 2 rings (SSSR count). The van der Waals surface area contributed by atoms with E-state index in [1.165, 1.54) is 22.3 Å². The number of hydrogen-bond donors (Lipinski definition) is 1. The van der Waals surface area contributed by atoms with Gasteiger partial charge in [-0.3, -0.25) is 0 Å². The second-order valence-corrected chi connectivity index (χ2v) is 16.7. The Hall–Kier alpha value is -1.25. The molecule has 0 spiro atoms. The zero-order valence-electron chi connectivity index (χ0n) is 25.3. The van der Waals surface area contributed by atoms with E-state index in [9.17, 15) is 4.89 Å². The third kappa shape index (κ3) is 8.12. The van der Waals surface area contributed by atoms with Gasteiger partial charge in [-0.05, 0) is 62.0 Å². The van der Waals surface area contributed by atoms with Crippen LogP contribution in [0.15, 0.2) is 36.4 Å². The third-order valence-electron chi connectivity index (χ3n) is 6.81. The Balaban J connectivity index is 2.28. The molecule has 0 saturated heterocycles. The minimum Gasteiger partial charge on any atom is -0.193 e. The van der Waals surface area contributed by atoms with E-state index in [1.807, 2.05) is 6.92 Å². The lowest BCUT2D eigenvalue weighted by atomic mass is 9.78. The van der Waals surface area contributed by atoms with E-state index in [4.69, 9.17) is 9.05 Å². The Morgan fingerprint density at radius 2 is 0.917 bits per heavy atom. The Morgan fingerprint density at radius 1 is 0.583 bits per heavy atom. The lowest BCUT2D eigenvalue weighted by Gasteiger charge is -2.28. The van der Waals surface area contributed by atoms with Gasteiger partial charge in [0.1, 0.15) is 19.4 Å². The first-order valence-corrected chi connectivity index (χ1v) is 15.1. The number of benzene rings is 2. The summed E-state index contributed by atoms with van der Waals surface area (Å²) < 4.78 is 12.4. The highest BCUT2D eigenvalue weighted by atomic mass is 31.2. The molecule has 0 bridgehead atoms. The molecule has 2 aromatic carbocycles. The molecule has 202 valence electrons. The van der Waals surface area contributed by atoms with Crippen LogP contribution in [0.5, 0.6) is 0 Å². The highest BCUT2D eigenvalue weighted by Crippen LogP contribution is 2.58. The van der Waals surface area contributed by atoms with Crippen molar-refractivity contribution in [3.8, 4) is 0 Å². The summed E-state index contributed by atoms with van der Waals surface area (Å²) >= 11 is 0. The molecule has 0 aliphatic rings. The second kappa shape index (κ2) is 10.9. The molecule has 4 heteroatoms. The largest absolute Gasteiger partial charge is 0.409 e. The summed E-state index contributed by atoms with van der Waals surface area (Å²) in [6.45, 7) is 29.4. The minimum atomic E-state index is -3.01. The summed E-state index contributed by atoms with van der Waals surface area (Å²) in [7, 11) is -3.01. The van der Waals surface area contributed by atoms with Gasteiger partial charge in [0.15, 0.2) is 0 Å². The zero-order chi connectivity index (χ0) is 27.7. The van der Waals surface area contributed by atoms with Crippen LogP contribution < -0.4 is 0 Å². The van der Waals surface area contributed by atoms with Crippen molar-refractivity contribution in [2.45, 2.75) is 125 Å². The van der Waals surface area contributed by atoms with Crippen LogP contribution in [0.1, 0.15) is 123 Å². The summed E-state index contributed by atoms with van der Waals surface area (Å²) in [6.07, 6.45) is 0.447. The number of rotatable bonds is 7. The molecule has 2 aromatic rings. The maximum Gasteiger partial charge on any atom is 0.409 e. The van der Waals surface area contributed by atoms with Gasteiger partial charge in [0.25, 0.3) is 0 Å². The number of hydrogen-bond acceptors (Lipinski definition) is 3. The van der Waals surface area contributed by atoms with Crippen LogP contribution in [0.2, 0.25) is 0 Å². The fraction of sp³-hybridized carbons (Fsp3) is 0.625. The van der Waals surface area contributed by atoms with E-state index in [1.54, 1.807) is 0 Å². The van der Waals surface area contributed by atoms with Crippen molar-refractivity contribution in [3.05, 3.63) is 69.8 Å². The van der Waals surface area contributed by atoms with Crippen LogP contribution >= 0.6 is 7.94 Å². The van der Waals surface area contributed by atoms with Crippen LogP contribution in [0.4, 0.5) is 0 Å². The van der Waals surface area contributed by atoms with Crippen molar-refractivity contribution >= 4 is 7.94 Å². The van der Waals surface area contributed by atoms with E-state index in [0.717, 1.165) is 11.1 Å². The molecule has 0 heterocycles. The van der Waals surface area contributed by atoms with Gasteiger partial charge in [-0.1, -0.05) is 119 Å². The Morgan fingerprint density at radius 3 is 1.17 bits per heavy atom. The first kappa shape index (κ1) is 31.0. The molecule has 0 aliphatic carbocycles. The average Bonchev–Trinajstić information content (AvgIpc) is 2.73. The molecule has 0 atom stereocenters. The molecule has 0 radical (unpaired) electrons. The summed E-state index contributed by atoms with van der Waals surface area (Å²) in [6, 6.07) is 13.3. The zero-order valence-corrected chi connectivity index (χ0v) is 26.2. The van der Waals surface area contributed by atoms with Crippen molar-refractivity contribution in [3.63, 3.8) is 0 Å². The third-order valence-corrected chi connectivity index (χ3v) is 8.68. The molecule has 0 amide bonds. The quantitative estimate of drug-likeness (QED) is 0.373. The van der Waals surface area contributed by atoms with Gasteiger partial charge in [-0.25, -0.2) is 0 Å². The molecule has 0 aromatic heterocycles. The van der Waals surface area contributed by atoms with Crippen molar-refractivity contribution in [1.29, 1.82) is 0 Å². The highest BCUT2D eigenvalue weighted by molar-refractivity contribution is 7.60. The van der Waals surface area contributed by atoms with Crippen LogP contribution in [0, 0.1) is 0 Å². The van der Waals surface area contributed by atoms with Crippen LogP contribution in [-0.4, -0.2) is 11.1 Å². The lowest BCUT2D eigenvalue weighted by molar-refractivity contribution is 0.162. The molecule has 0 aliphatic heterocycles. The monoisotopic (exact) mass is 515 g/mol. The Bertz CT molecular complexity index is 948.